The molecule has 0 aliphatic heterocycles. The minimum absolute atomic E-state index is 0.323. The smallest absolute Gasteiger partial charge is 0.134 e. The molecule has 0 aliphatic rings. The zero-order valence-corrected chi connectivity index (χ0v) is 10.3. The third kappa shape index (κ3) is 4.20. The molecule has 0 fully saturated rings. The molecular weight excluding hydrogens is 256 g/mol. The fourth-order valence-electron chi connectivity index (χ4n) is 1.32. The van der Waals surface area contributed by atoms with Crippen molar-refractivity contribution in [3.05, 3.63) is 28.2 Å². The molecule has 4 N–H and O–H groups in total. The van der Waals surface area contributed by atoms with Crippen molar-refractivity contribution in [2.24, 2.45) is 5.73 Å². The highest BCUT2D eigenvalue weighted by Crippen LogP contribution is 2.26. The van der Waals surface area contributed by atoms with Crippen LogP contribution < -0.4 is 11.1 Å². The Morgan fingerprint density at radius 3 is 2.87 bits per heavy atom. The van der Waals surface area contributed by atoms with Crippen molar-refractivity contribution < 1.29 is 5.11 Å². The molecule has 84 valence electrons. The summed E-state index contributed by atoms with van der Waals surface area (Å²) in [6.07, 6.45) is 2.11. The third-order valence-corrected chi connectivity index (χ3v) is 2.83. The lowest BCUT2D eigenvalue weighted by molar-refractivity contribution is 0.460. The minimum Gasteiger partial charge on any atom is -0.506 e. The van der Waals surface area contributed by atoms with Gasteiger partial charge in [-0.3, -0.25) is 0 Å². The molecule has 0 heterocycles. The van der Waals surface area contributed by atoms with Crippen molar-refractivity contribution in [2.75, 3.05) is 13.1 Å². The van der Waals surface area contributed by atoms with Gasteiger partial charge in [0.25, 0.3) is 0 Å². The molecule has 0 saturated carbocycles. The summed E-state index contributed by atoms with van der Waals surface area (Å²) in [6.45, 7) is 2.36. The van der Waals surface area contributed by atoms with E-state index >= 15 is 0 Å². The SMILES string of the molecule is NCCCCNCc1cccc(Br)c1O. The van der Waals surface area contributed by atoms with Gasteiger partial charge in [0.15, 0.2) is 0 Å². The molecule has 0 atom stereocenters. The van der Waals surface area contributed by atoms with E-state index in [0.29, 0.717) is 12.3 Å². The van der Waals surface area contributed by atoms with Crippen molar-refractivity contribution in [1.82, 2.24) is 5.32 Å². The first-order chi connectivity index (χ1) is 7.25. The van der Waals surface area contributed by atoms with Crippen LogP contribution in [0.2, 0.25) is 0 Å². The first kappa shape index (κ1) is 12.5. The second kappa shape index (κ2) is 6.82. The topological polar surface area (TPSA) is 58.3 Å². The average molecular weight is 273 g/mol. The van der Waals surface area contributed by atoms with Gasteiger partial charge in [-0.2, -0.15) is 0 Å². The standard InChI is InChI=1S/C11H17BrN2O/c12-10-5-3-4-9(11(10)15)8-14-7-2-1-6-13/h3-5,14-15H,1-2,6-8,13H2. The van der Waals surface area contributed by atoms with Gasteiger partial charge in [-0.15, -0.1) is 0 Å². The molecular formula is C11H17BrN2O. The van der Waals surface area contributed by atoms with Crippen LogP contribution in [0.5, 0.6) is 5.75 Å². The Balaban J connectivity index is 2.34. The molecule has 0 unspecified atom stereocenters. The number of phenols is 1. The first-order valence-electron chi connectivity index (χ1n) is 5.13. The highest BCUT2D eigenvalue weighted by Gasteiger charge is 2.03. The molecule has 0 amide bonds. The number of phenolic OH excluding ortho intramolecular Hbond substituents is 1. The van der Waals surface area contributed by atoms with Crippen molar-refractivity contribution in [2.45, 2.75) is 19.4 Å². The first-order valence-corrected chi connectivity index (χ1v) is 5.92. The van der Waals surface area contributed by atoms with Gasteiger partial charge in [-0.05, 0) is 47.9 Å². The van der Waals surface area contributed by atoms with Crippen LogP contribution in [0.15, 0.2) is 22.7 Å². The zero-order valence-electron chi connectivity index (χ0n) is 8.67. The highest BCUT2D eigenvalue weighted by atomic mass is 79.9. The van der Waals surface area contributed by atoms with Crippen LogP contribution in [-0.2, 0) is 6.54 Å². The Hall–Kier alpha value is -0.580. The van der Waals surface area contributed by atoms with Gasteiger partial charge in [-0.1, -0.05) is 12.1 Å². The highest BCUT2D eigenvalue weighted by molar-refractivity contribution is 9.10. The van der Waals surface area contributed by atoms with Crippen LogP contribution in [0.25, 0.3) is 0 Å². The molecule has 0 radical (unpaired) electrons. The van der Waals surface area contributed by atoms with E-state index in [1.54, 1.807) is 0 Å². The largest absolute Gasteiger partial charge is 0.506 e. The van der Waals surface area contributed by atoms with E-state index in [9.17, 15) is 5.11 Å². The summed E-state index contributed by atoms with van der Waals surface area (Å²) in [4.78, 5) is 0. The van der Waals surface area contributed by atoms with Crippen molar-refractivity contribution >= 4 is 15.9 Å². The van der Waals surface area contributed by atoms with E-state index in [1.807, 2.05) is 18.2 Å². The molecule has 0 bridgehead atoms. The van der Waals surface area contributed by atoms with Gasteiger partial charge < -0.3 is 16.2 Å². The zero-order chi connectivity index (χ0) is 11.1. The Bertz CT molecular complexity index is 305. The van der Waals surface area contributed by atoms with E-state index in [-0.39, 0.29) is 0 Å². The second-order valence-corrected chi connectivity index (χ2v) is 4.27. The molecule has 15 heavy (non-hydrogen) atoms. The number of benzene rings is 1. The molecule has 4 heteroatoms. The number of nitrogens with one attached hydrogen (secondary N) is 1. The van der Waals surface area contributed by atoms with Crippen LogP contribution >= 0.6 is 15.9 Å². The van der Waals surface area contributed by atoms with E-state index in [4.69, 9.17) is 5.73 Å². The summed E-state index contributed by atoms with van der Waals surface area (Å²) in [7, 11) is 0. The Labute approximate surface area is 98.8 Å². The predicted molar refractivity (Wildman–Crippen MR) is 65.8 cm³/mol. The molecule has 1 rings (SSSR count). The molecule has 0 spiro atoms. The van der Waals surface area contributed by atoms with Crippen LogP contribution in [-0.4, -0.2) is 18.2 Å². The maximum Gasteiger partial charge on any atom is 0.134 e. The van der Waals surface area contributed by atoms with E-state index < -0.39 is 0 Å². The van der Waals surface area contributed by atoms with Gasteiger partial charge in [0.2, 0.25) is 0 Å². The van der Waals surface area contributed by atoms with Crippen LogP contribution in [0, 0.1) is 0 Å². The number of nitrogens with two attached hydrogens (primary N) is 1. The number of hydrogen-bond donors (Lipinski definition) is 3. The molecule has 3 nitrogen and oxygen atoms in total. The lowest BCUT2D eigenvalue weighted by Crippen LogP contribution is -2.15. The summed E-state index contributed by atoms with van der Waals surface area (Å²) in [5, 5.41) is 13.0. The number of para-hydroxylation sites is 1. The second-order valence-electron chi connectivity index (χ2n) is 3.42. The lowest BCUT2D eigenvalue weighted by Gasteiger charge is -2.07. The normalized spacial score (nSPS) is 10.5. The number of aromatic hydroxyl groups is 1. The number of rotatable bonds is 6. The number of unbranched alkanes of at least 4 members (excludes halogenated alkanes) is 1. The molecule has 0 saturated heterocycles. The van der Waals surface area contributed by atoms with E-state index in [1.165, 1.54) is 0 Å². The molecule has 0 aromatic heterocycles. The monoisotopic (exact) mass is 272 g/mol. The molecule has 1 aromatic rings. The number of halogens is 1. The summed E-state index contributed by atoms with van der Waals surface area (Å²) < 4.78 is 0.740. The number of hydrogen-bond acceptors (Lipinski definition) is 3. The summed E-state index contributed by atoms with van der Waals surface area (Å²) in [5.41, 5.74) is 6.31. The molecule has 1 aromatic carbocycles. The van der Waals surface area contributed by atoms with Gasteiger partial charge in [0, 0.05) is 12.1 Å². The van der Waals surface area contributed by atoms with Gasteiger partial charge in [0.1, 0.15) is 5.75 Å². The van der Waals surface area contributed by atoms with Gasteiger partial charge in [-0.25, -0.2) is 0 Å². The maximum absolute atomic E-state index is 9.69. The average Bonchev–Trinajstić information content (AvgIpc) is 2.24. The van der Waals surface area contributed by atoms with Crippen LogP contribution in [0.4, 0.5) is 0 Å². The van der Waals surface area contributed by atoms with Crippen LogP contribution in [0.1, 0.15) is 18.4 Å². The summed E-state index contributed by atoms with van der Waals surface area (Å²) in [6, 6.07) is 5.66. The van der Waals surface area contributed by atoms with E-state index in [0.717, 1.165) is 36.0 Å². The quantitative estimate of drug-likeness (QED) is 0.695. The minimum atomic E-state index is 0.323. The predicted octanol–water partition coefficient (Wildman–Crippen LogP) is 1.98. The third-order valence-electron chi connectivity index (χ3n) is 2.19. The fourth-order valence-corrected chi connectivity index (χ4v) is 1.73. The fraction of sp³-hybridized carbons (Fsp3) is 0.455. The summed E-state index contributed by atoms with van der Waals surface area (Å²) in [5.74, 6) is 0.323. The van der Waals surface area contributed by atoms with Gasteiger partial charge in [0.05, 0.1) is 4.47 Å². The molecule has 0 aliphatic carbocycles. The Kier molecular flexibility index (Phi) is 5.68. The Morgan fingerprint density at radius 2 is 2.13 bits per heavy atom. The van der Waals surface area contributed by atoms with Crippen molar-refractivity contribution in [1.29, 1.82) is 0 Å². The van der Waals surface area contributed by atoms with Crippen molar-refractivity contribution in [3.63, 3.8) is 0 Å². The van der Waals surface area contributed by atoms with Gasteiger partial charge >= 0.3 is 0 Å². The summed E-state index contributed by atoms with van der Waals surface area (Å²) >= 11 is 3.29. The Morgan fingerprint density at radius 1 is 1.33 bits per heavy atom. The maximum atomic E-state index is 9.69. The van der Waals surface area contributed by atoms with Crippen molar-refractivity contribution in [3.8, 4) is 5.75 Å². The van der Waals surface area contributed by atoms with Crippen LogP contribution in [0.3, 0.4) is 0 Å². The lowest BCUT2D eigenvalue weighted by atomic mass is 10.2. The van der Waals surface area contributed by atoms with E-state index in [2.05, 4.69) is 21.2 Å².